The lowest BCUT2D eigenvalue weighted by Gasteiger charge is -2.28. The fourth-order valence-corrected chi connectivity index (χ4v) is 4.68. The van der Waals surface area contributed by atoms with Crippen molar-refractivity contribution < 1.29 is 36.3 Å². The van der Waals surface area contributed by atoms with Gasteiger partial charge in [-0.15, -0.1) is 0 Å². The first-order chi connectivity index (χ1) is 16.5. The number of ether oxygens (including phenoxy) is 1. The third kappa shape index (κ3) is 5.45. The molecule has 2 aromatic heterocycles. The number of imidazole rings is 1. The first kappa shape index (κ1) is 25.0. The predicted molar refractivity (Wildman–Crippen MR) is 112 cm³/mol. The summed E-state index contributed by atoms with van der Waals surface area (Å²) in [6.07, 6.45) is -4.88. The molecular weight excluding hydrogens is 475 g/mol. The number of carbonyl (C=O) groups excluding carboxylic acids is 2. The van der Waals surface area contributed by atoms with Crippen LogP contribution in [0.4, 0.5) is 22.0 Å². The van der Waals surface area contributed by atoms with Crippen LogP contribution in [-0.2, 0) is 22.1 Å². The van der Waals surface area contributed by atoms with E-state index in [4.69, 9.17) is 4.74 Å². The number of carbonyl (C=O) groups is 2. The number of hydrogen-bond acceptors (Lipinski definition) is 5. The highest BCUT2D eigenvalue weighted by molar-refractivity contribution is 6.05. The van der Waals surface area contributed by atoms with Crippen LogP contribution in [0.3, 0.4) is 0 Å². The number of imide groups is 1. The molecule has 12 heteroatoms. The molecule has 2 aromatic rings. The van der Waals surface area contributed by atoms with Gasteiger partial charge in [-0.3, -0.25) is 19.3 Å². The Morgan fingerprint density at radius 3 is 2.43 bits per heavy atom. The molecule has 1 saturated heterocycles. The van der Waals surface area contributed by atoms with Gasteiger partial charge in [0.05, 0.1) is 5.69 Å². The molecule has 0 radical (unpaired) electrons. The zero-order chi connectivity index (χ0) is 25.4. The minimum atomic E-state index is -4.85. The van der Waals surface area contributed by atoms with Gasteiger partial charge in [-0.05, 0) is 50.2 Å². The molecule has 1 saturated carbocycles. The molecule has 1 aliphatic carbocycles. The number of hydrogen-bond donors (Lipinski definition) is 1. The Kier molecular flexibility index (Phi) is 6.81. The van der Waals surface area contributed by atoms with Crippen molar-refractivity contribution in [1.82, 2.24) is 14.7 Å². The maximum absolute atomic E-state index is 13.8. The molecule has 2 fully saturated rings. The van der Waals surface area contributed by atoms with E-state index in [2.05, 4.69) is 10.3 Å². The molecule has 0 bridgehead atoms. The van der Waals surface area contributed by atoms with Crippen LogP contribution in [0.15, 0.2) is 12.1 Å². The van der Waals surface area contributed by atoms with Crippen molar-refractivity contribution >= 4 is 17.5 Å². The van der Waals surface area contributed by atoms with E-state index in [0.29, 0.717) is 26.1 Å². The standard InChI is InChI=1S/C23H23F5N4O3/c24-22(25)5-1-13(2-6-22)9-17-19(23(26,27)28)30-18-11-15(10-16(12-29)32(17)18)21(34)31-20(33)14-3-7-35-8-4-14/h10-11,13-14H,1-9H2,(H,31,33,34). The molecule has 35 heavy (non-hydrogen) atoms. The summed E-state index contributed by atoms with van der Waals surface area (Å²) in [6, 6.07) is 3.97. The molecule has 1 N–H and O–H groups in total. The molecular formula is C23H23F5N4O3. The average molecular weight is 498 g/mol. The van der Waals surface area contributed by atoms with Crippen molar-refractivity contribution in [3.63, 3.8) is 0 Å². The Morgan fingerprint density at radius 1 is 1.17 bits per heavy atom. The van der Waals surface area contributed by atoms with Crippen molar-refractivity contribution in [3.05, 3.63) is 34.8 Å². The molecule has 2 aliphatic rings. The Morgan fingerprint density at radius 2 is 1.83 bits per heavy atom. The van der Waals surface area contributed by atoms with Gasteiger partial charge in [-0.1, -0.05) is 0 Å². The van der Waals surface area contributed by atoms with Crippen LogP contribution in [0.25, 0.3) is 5.65 Å². The number of nitriles is 1. The van der Waals surface area contributed by atoms with E-state index in [0.717, 1.165) is 16.5 Å². The van der Waals surface area contributed by atoms with Gasteiger partial charge in [-0.2, -0.15) is 18.4 Å². The summed E-state index contributed by atoms with van der Waals surface area (Å²) < 4.78 is 74.7. The zero-order valence-corrected chi connectivity index (χ0v) is 18.6. The predicted octanol–water partition coefficient (Wildman–Crippen LogP) is 4.28. The number of pyridine rings is 1. The van der Waals surface area contributed by atoms with E-state index in [1.54, 1.807) is 6.07 Å². The molecule has 0 spiro atoms. The summed E-state index contributed by atoms with van der Waals surface area (Å²) in [5, 5.41) is 11.9. The van der Waals surface area contributed by atoms with Crippen LogP contribution in [0.1, 0.15) is 66.0 Å². The van der Waals surface area contributed by atoms with Crippen molar-refractivity contribution in [2.45, 2.75) is 57.0 Å². The van der Waals surface area contributed by atoms with Crippen molar-refractivity contribution in [3.8, 4) is 6.07 Å². The van der Waals surface area contributed by atoms with Crippen LogP contribution >= 0.6 is 0 Å². The van der Waals surface area contributed by atoms with Crippen LogP contribution < -0.4 is 5.32 Å². The van der Waals surface area contributed by atoms with Gasteiger partial charge >= 0.3 is 6.18 Å². The van der Waals surface area contributed by atoms with Crippen molar-refractivity contribution in [2.75, 3.05) is 13.2 Å². The highest BCUT2D eigenvalue weighted by atomic mass is 19.4. The lowest BCUT2D eigenvalue weighted by Crippen LogP contribution is -2.38. The summed E-state index contributed by atoms with van der Waals surface area (Å²) >= 11 is 0. The van der Waals surface area contributed by atoms with Gasteiger partial charge in [0.25, 0.3) is 5.91 Å². The van der Waals surface area contributed by atoms with E-state index in [1.807, 2.05) is 0 Å². The van der Waals surface area contributed by atoms with Crippen LogP contribution in [0.2, 0.25) is 0 Å². The second kappa shape index (κ2) is 9.53. The van der Waals surface area contributed by atoms with Gasteiger partial charge in [0, 0.05) is 37.5 Å². The molecule has 1 aliphatic heterocycles. The second-order valence-corrected chi connectivity index (χ2v) is 9.05. The number of halogens is 5. The number of fused-ring (bicyclic) bond motifs is 1. The second-order valence-electron chi connectivity index (χ2n) is 9.05. The smallest absolute Gasteiger partial charge is 0.381 e. The molecule has 4 rings (SSSR count). The lowest BCUT2D eigenvalue weighted by atomic mass is 9.83. The number of alkyl halides is 5. The molecule has 7 nitrogen and oxygen atoms in total. The number of amides is 2. The maximum atomic E-state index is 13.8. The van der Waals surface area contributed by atoms with Gasteiger partial charge in [-0.25, -0.2) is 13.8 Å². The van der Waals surface area contributed by atoms with E-state index in [-0.39, 0.29) is 41.9 Å². The van der Waals surface area contributed by atoms with Gasteiger partial charge in [0.2, 0.25) is 11.8 Å². The fourth-order valence-electron chi connectivity index (χ4n) is 4.68. The van der Waals surface area contributed by atoms with Crippen molar-refractivity contribution in [1.29, 1.82) is 5.26 Å². The van der Waals surface area contributed by atoms with Crippen LogP contribution in [0.5, 0.6) is 0 Å². The molecule has 3 heterocycles. The highest BCUT2D eigenvalue weighted by Gasteiger charge is 2.41. The minimum absolute atomic E-state index is 0.0498. The average Bonchev–Trinajstić information content (AvgIpc) is 3.19. The molecule has 188 valence electrons. The SMILES string of the molecule is N#Cc1cc(C(=O)NC(=O)C2CCOCC2)cc2nc(C(F)(F)F)c(CC3CCC(F)(F)CC3)n12. The Labute approximate surface area is 197 Å². The molecule has 2 amide bonds. The summed E-state index contributed by atoms with van der Waals surface area (Å²) in [6.45, 7) is 0.763. The number of nitrogens with one attached hydrogen (secondary N) is 1. The molecule has 0 unspecified atom stereocenters. The monoisotopic (exact) mass is 498 g/mol. The van der Waals surface area contributed by atoms with E-state index in [9.17, 15) is 36.8 Å². The molecule has 0 aromatic carbocycles. The number of aromatic nitrogens is 2. The summed E-state index contributed by atoms with van der Waals surface area (Å²) in [5.74, 6) is -5.06. The van der Waals surface area contributed by atoms with Crippen LogP contribution in [0, 0.1) is 23.2 Å². The summed E-state index contributed by atoms with van der Waals surface area (Å²) in [4.78, 5) is 28.7. The topological polar surface area (TPSA) is 96.5 Å². The quantitative estimate of drug-likeness (QED) is 0.502. The Balaban J connectivity index is 1.66. The largest absolute Gasteiger partial charge is 0.435 e. The van der Waals surface area contributed by atoms with Crippen molar-refractivity contribution in [2.24, 2.45) is 11.8 Å². The minimum Gasteiger partial charge on any atom is -0.381 e. The normalized spacial score (nSPS) is 19.4. The Bertz CT molecular complexity index is 1170. The van der Waals surface area contributed by atoms with E-state index >= 15 is 0 Å². The van der Waals surface area contributed by atoms with Gasteiger partial charge < -0.3 is 4.74 Å². The third-order valence-electron chi connectivity index (χ3n) is 6.61. The summed E-state index contributed by atoms with van der Waals surface area (Å²) in [7, 11) is 0. The number of nitrogens with zero attached hydrogens (tertiary/aromatic N) is 3. The highest BCUT2D eigenvalue weighted by Crippen LogP contribution is 2.40. The Hall–Kier alpha value is -3.07. The van der Waals surface area contributed by atoms with Crippen LogP contribution in [-0.4, -0.2) is 40.3 Å². The first-order valence-corrected chi connectivity index (χ1v) is 11.3. The van der Waals surface area contributed by atoms with Gasteiger partial charge in [0.15, 0.2) is 5.69 Å². The lowest BCUT2D eigenvalue weighted by molar-refractivity contribution is -0.141. The molecule has 0 atom stereocenters. The summed E-state index contributed by atoms with van der Waals surface area (Å²) in [5.41, 5.74) is -2.26. The van der Waals surface area contributed by atoms with E-state index in [1.165, 1.54) is 0 Å². The zero-order valence-electron chi connectivity index (χ0n) is 18.6. The fraction of sp³-hybridized carbons (Fsp3) is 0.565. The maximum Gasteiger partial charge on any atom is 0.435 e. The van der Waals surface area contributed by atoms with Gasteiger partial charge in [0.1, 0.15) is 17.4 Å². The number of rotatable bonds is 4. The van der Waals surface area contributed by atoms with E-state index < -0.39 is 54.3 Å². The third-order valence-corrected chi connectivity index (χ3v) is 6.61. The first-order valence-electron chi connectivity index (χ1n) is 11.3.